The van der Waals surface area contributed by atoms with Gasteiger partial charge in [0.2, 0.25) is 5.95 Å². The molecular weight excluding hydrogens is 500 g/mol. The zero-order chi connectivity index (χ0) is 26.1. The highest BCUT2D eigenvalue weighted by molar-refractivity contribution is 7.13. The smallest absolute Gasteiger partial charge is 0.268 e. The molecule has 10 nitrogen and oxygen atoms in total. The molecule has 0 saturated carbocycles. The van der Waals surface area contributed by atoms with E-state index in [1.54, 1.807) is 18.5 Å². The summed E-state index contributed by atoms with van der Waals surface area (Å²) in [6.07, 6.45) is 11.4. The molecule has 1 aromatic carbocycles. The molecule has 6 rings (SSSR count). The molecule has 4 aromatic heterocycles. The second-order valence-corrected chi connectivity index (χ2v) is 10.0. The minimum absolute atomic E-state index is 0.115. The summed E-state index contributed by atoms with van der Waals surface area (Å²) in [5.74, 6) is 3.34. The van der Waals surface area contributed by atoms with Crippen LogP contribution in [-0.2, 0) is 6.54 Å². The van der Waals surface area contributed by atoms with Gasteiger partial charge in [0.05, 0.1) is 12.1 Å². The molecule has 38 heavy (non-hydrogen) atoms. The molecule has 1 atom stereocenters. The summed E-state index contributed by atoms with van der Waals surface area (Å²) < 4.78 is 7.08. The van der Waals surface area contributed by atoms with Gasteiger partial charge in [-0.2, -0.15) is 4.98 Å². The molecule has 0 radical (unpaired) electrons. The SMILES string of the molecule is C#Cc1cc2cnc(Nc3ccc(NC4CCN(C)C4)cc3)nc2n(Cc2ncoc2-c2nccs2)c1=O. The highest BCUT2D eigenvalue weighted by atomic mass is 32.1. The van der Waals surface area contributed by atoms with E-state index in [0.717, 1.165) is 30.9 Å². The van der Waals surface area contributed by atoms with E-state index < -0.39 is 0 Å². The standard InChI is InChI=1S/C27H24N8O2S/c1-3-17-12-18-13-29-27(32-20-6-4-19(5-7-20)31-21-8-10-34(2)14-21)33-24(18)35(26(17)36)15-22-23(37-16-30-22)25-28-9-11-38-25/h1,4-7,9,11-13,16,21,31H,8,10,14-15H2,2H3,(H,29,32,33). The van der Waals surface area contributed by atoms with Crippen LogP contribution in [0.3, 0.4) is 0 Å². The molecule has 1 unspecified atom stereocenters. The van der Waals surface area contributed by atoms with Gasteiger partial charge in [0, 0.05) is 47.1 Å². The molecule has 0 bridgehead atoms. The Morgan fingerprint density at radius 1 is 1.21 bits per heavy atom. The van der Waals surface area contributed by atoms with Crippen molar-refractivity contribution in [3.05, 3.63) is 76.1 Å². The van der Waals surface area contributed by atoms with Crippen molar-refractivity contribution in [2.24, 2.45) is 0 Å². The van der Waals surface area contributed by atoms with E-state index in [9.17, 15) is 4.79 Å². The van der Waals surface area contributed by atoms with Gasteiger partial charge in [0.15, 0.2) is 17.2 Å². The number of likely N-dealkylation sites (N-methyl/N-ethyl adjacent to an activating group) is 1. The maximum absolute atomic E-state index is 13.3. The first-order valence-corrected chi connectivity index (χ1v) is 13.0. The fourth-order valence-electron chi connectivity index (χ4n) is 4.58. The molecule has 2 N–H and O–H groups in total. The summed E-state index contributed by atoms with van der Waals surface area (Å²) in [6.45, 7) is 2.25. The van der Waals surface area contributed by atoms with Gasteiger partial charge in [-0.15, -0.1) is 17.8 Å². The number of nitrogens with zero attached hydrogens (tertiary/aromatic N) is 6. The van der Waals surface area contributed by atoms with Gasteiger partial charge < -0.3 is 20.0 Å². The van der Waals surface area contributed by atoms with Crippen molar-refractivity contribution in [3.8, 4) is 23.1 Å². The second kappa shape index (κ2) is 10.1. The maximum Gasteiger partial charge on any atom is 0.268 e. The first kappa shape index (κ1) is 23.8. The van der Waals surface area contributed by atoms with Gasteiger partial charge in [0.1, 0.15) is 11.3 Å². The number of likely N-dealkylation sites (tertiary alicyclic amines) is 1. The summed E-state index contributed by atoms with van der Waals surface area (Å²) in [7, 11) is 2.14. The molecule has 0 aliphatic carbocycles. The number of terminal acetylenes is 1. The molecular formula is C27H24N8O2S. The van der Waals surface area contributed by atoms with Crippen molar-refractivity contribution in [2.75, 3.05) is 30.8 Å². The molecule has 5 aromatic rings. The highest BCUT2D eigenvalue weighted by Crippen LogP contribution is 2.26. The number of fused-ring (bicyclic) bond motifs is 1. The number of nitrogens with one attached hydrogen (secondary N) is 2. The van der Waals surface area contributed by atoms with Crippen molar-refractivity contribution in [1.29, 1.82) is 0 Å². The average Bonchev–Trinajstić information content (AvgIpc) is 3.69. The Kier molecular flexibility index (Phi) is 6.33. The third kappa shape index (κ3) is 4.74. The van der Waals surface area contributed by atoms with Crippen molar-refractivity contribution in [3.63, 3.8) is 0 Å². The number of aromatic nitrogens is 5. The predicted molar refractivity (Wildman–Crippen MR) is 148 cm³/mol. The lowest BCUT2D eigenvalue weighted by atomic mass is 10.2. The Labute approximate surface area is 222 Å². The Bertz CT molecular complexity index is 1690. The van der Waals surface area contributed by atoms with Gasteiger partial charge in [-0.25, -0.2) is 15.0 Å². The van der Waals surface area contributed by atoms with Gasteiger partial charge in [0.25, 0.3) is 5.56 Å². The first-order valence-electron chi connectivity index (χ1n) is 12.1. The number of pyridine rings is 1. The largest absolute Gasteiger partial charge is 0.441 e. The van der Waals surface area contributed by atoms with Crippen LogP contribution in [0.2, 0.25) is 0 Å². The highest BCUT2D eigenvalue weighted by Gasteiger charge is 2.19. The van der Waals surface area contributed by atoms with Crippen molar-refractivity contribution >= 4 is 39.7 Å². The third-order valence-corrected chi connectivity index (χ3v) is 7.23. The fourth-order valence-corrected chi connectivity index (χ4v) is 5.22. The Balaban J connectivity index is 1.30. The van der Waals surface area contributed by atoms with E-state index in [1.165, 1.54) is 22.3 Å². The van der Waals surface area contributed by atoms with E-state index in [4.69, 9.17) is 10.8 Å². The fraction of sp³-hybridized carbons (Fsp3) is 0.222. The first-order chi connectivity index (χ1) is 18.6. The van der Waals surface area contributed by atoms with Crippen LogP contribution < -0.4 is 16.2 Å². The van der Waals surface area contributed by atoms with E-state index in [2.05, 4.69) is 48.4 Å². The lowest BCUT2D eigenvalue weighted by molar-refractivity contribution is 0.414. The van der Waals surface area contributed by atoms with E-state index in [-0.39, 0.29) is 17.7 Å². The normalized spacial score (nSPS) is 15.5. The number of hydrogen-bond acceptors (Lipinski definition) is 10. The van der Waals surface area contributed by atoms with Crippen molar-refractivity contribution in [2.45, 2.75) is 19.0 Å². The summed E-state index contributed by atoms with van der Waals surface area (Å²) in [4.78, 5) is 33.3. The number of rotatable bonds is 7. The number of thiazole rings is 1. The molecule has 0 spiro atoms. The minimum atomic E-state index is -0.342. The molecule has 190 valence electrons. The van der Waals surface area contributed by atoms with Gasteiger partial charge >= 0.3 is 0 Å². The number of anilines is 3. The van der Waals surface area contributed by atoms with Crippen LogP contribution in [0.1, 0.15) is 17.7 Å². The van der Waals surface area contributed by atoms with E-state index in [1.807, 2.05) is 29.6 Å². The number of oxazole rings is 1. The van der Waals surface area contributed by atoms with Crippen LogP contribution in [-0.4, -0.2) is 55.6 Å². The number of hydrogen-bond donors (Lipinski definition) is 2. The monoisotopic (exact) mass is 524 g/mol. The minimum Gasteiger partial charge on any atom is -0.441 e. The maximum atomic E-state index is 13.3. The van der Waals surface area contributed by atoms with Crippen molar-refractivity contribution < 1.29 is 4.42 Å². The van der Waals surface area contributed by atoms with Crippen LogP contribution in [0.15, 0.2) is 63.7 Å². The van der Waals surface area contributed by atoms with Gasteiger partial charge in [-0.05, 0) is 50.3 Å². The van der Waals surface area contributed by atoms with Crippen LogP contribution in [0.5, 0.6) is 0 Å². The molecule has 1 aliphatic heterocycles. The average molecular weight is 525 g/mol. The zero-order valence-corrected chi connectivity index (χ0v) is 21.4. The Hall–Kier alpha value is -4.53. The molecule has 1 fully saturated rings. The van der Waals surface area contributed by atoms with E-state index in [0.29, 0.717) is 39.5 Å². The third-order valence-electron chi connectivity index (χ3n) is 6.46. The van der Waals surface area contributed by atoms with Crippen molar-refractivity contribution in [1.82, 2.24) is 29.4 Å². The Morgan fingerprint density at radius 3 is 2.79 bits per heavy atom. The van der Waals surface area contributed by atoms with Crippen LogP contribution in [0.4, 0.5) is 17.3 Å². The van der Waals surface area contributed by atoms with Crippen LogP contribution >= 0.6 is 11.3 Å². The second-order valence-electron chi connectivity index (χ2n) is 9.13. The molecule has 1 aliphatic rings. The van der Waals surface area contributed by atoms with Gasteiger partial charge in [-0.1, -0.05) is 5.92 Å². The summed E-state index contributed by atoms with van der Waals surface area (Å²) in [5.41, 5.74) is 2.76. The quantitative estimate of drug-likeness (QED) is 0.307. The van der Waals surface area contributed by atoms with Crippen LogP contribution in [0, 0.1) is 12.3 Å². The van der Waals surface area contributed by atoms with Crippen LogP contribution in [0.25, 0.3) is 21.8 Å². The molecule has 5 heterocycles. The topological polar surface area (TPSA) is 114 Å². The lowest BCUT2D eigenvalue weighted by Crippen LogP contribution is -2.25. The van der Waals surface area contributed by atoms with E-state index >= 15 is 0 Å². The lowest BCUT2D eigenvalue weighted by Gasteiger charge is -2.15. The molecule has 1 saturated heterocycles. The predicted octanol–water partition coefficient (Wildman–Crippen LogP) is 3.79. The number of benzene rings is 1. The molecule has 0 amide bonds. The summed E-state index contributed by atoms with van der Waals surface area (Å²) in [5, 5.41) is 9.98. The zero-order valence-electron chi connectivity index (χ0n) is 20.6. The van der Waals surface area contributed by atoms with Gasteiger partial charge in [-0.3, -0.25) is 9.36 Å². The summed E-state index contributed by atoms with van der Waals surface area (Å²) in [6, 6.07) is 10.1. The Morgan fingerprint density at radius 2 is 2.05 bits per heavy atom. The molecule has 11 heteroatoms. The summed E-state index contributed by atoms with van der Waals surface area (Å²) >= 11 is 1.43.